The number of hydrogen-bond acceptors (Lipinski definition) is 5. The predicted molar refractivity (Wildman–Crippen MR) is 64.2 cm³/mol. The maximum atomic E-state index is 12.4. The average molecular weight is 289 g/mol. The minimum atomic E-state index is -4.55. The Morgan fingerprint density at radius 1 is 1.32 bits per heavy atom. The fraction of sp³-hybridized carbons (Fsp3) is 0.273. The molecule has 19 heavy (non-hydrogen) atoms. The first-order chi connectivity index (χ1) is 9.00. The third-order valence-corrected chi connectivity index (χ3v) is 2.79. The number of nitrogens with zero attached hydrogens (tertiary/aromatic N) is 2. The zero-order chi connectivity index (χ0) is 13.9. The standard InChI is InChI=1S/C11H10F3N3OS/c1-15-6-7-4-2-3-5-8(7)18-10-16-9(17-19-10)11(12,13)14/h2-5,15H,6H2,1H3. The Bertz CT molecular complexity index is 556. The Kier molecular flexibility index (Phi) is 4.01. The first-order valence-corrected chi connectivity index (χ1v) is 6.09. The Morgan fingerprint density at radius 3 is 2.68 bits per heavy atom. The van der Waals surface area contributed by atoms with Gasteiger partial charge in [-0.25, -0.2) is 0 Å². The van der Waals surface area contributed by atoms with Crippen LogP contribution in [0.4, 0.5) is 13.2 Å². The highest BCUT2D eigenvalue weighted by Crippen LogP contribution is 2.32. The SMILES string of the molecule is CNCc1ccccc1Oc1nc(C(F)(F)F)ns1. The molecule has 1 aromatic carbocycles. The van der Waals surface area contributed by atoms with Crippen molar-refractivity contribution in [3.05, 3.63) is 35.7 Å². The van der Waals surface area contributed by atoms with Crippen LogP contribution in [-0.2, 0) is 12.7 Å². The fourth-order valence-corrected chi connectivity index (χ4v) is 1.96. The molecule has 0 aliphatic rings. The first-order valence-electron chi connectivity index (χ1n) is 5.32. The van der Waals surface area contributed by atoms with Crippen LogP contribution >= 0.6 is 11.5 Å². The van der Waals surface area contributed by atoms with Crippen molar-refractivity contribution in [3.63, 3.8) is 0 Å². The Balaban J connectivity index is 2.19. The minimum absolute atomic E-state index is 0.129. The summed E-state index contributed by atoms with van der Waals surface area (Å²) in [5.41, 5.74) is 0.828. The van der Waals surface area contributed by atoms with Crippen LogP contribution < -0.4 is 10.1 Å². The summed E-state index contributed by atoms with van der Waals surface area (Å²) in [6.45, 7) is 0.543. The van der Waals surface area contributed by atoms with E-state index < -0.39 is 12.0 Å². The van der Waals surface area contributed by atoms with E-state index in [1.165, 1.54) is 0 Å². The van der Waals surface area contributed by atoms with Crippen LogP contribution in [0.5, 0.6) is 10.9 Å². The van der Waals surface area contributed by atoms with Gasteiger partial charge in [0.15, 0.2) is 0 Å². The average Bonchev–Trinajstić information content (AvgIpc) is 2.80. The summed E-state index contributed by atoms with van der Waals surface area (Å²) < 4.78 is 45.6. The van der Waals surface area contributed by atoms with Gasteiger partial charge in [0.2, 0.25) is 0 Å². The van der Waals surface area contributed by atoms with E-state index in [4.69, 9.17) is 4.74 Å². The van der Waals surface area contributed by atoms with Crippen molar-refractivity contribution in [1.29, 1.82) is 0 Å². The second-order valence-corrected chi connectivity index (χ2v) is 4.34. The van der Waals surface area contributed by atoms with Crippen LogP contribution in [-0.4, -0.2) is 16.4 Å². The number of nitrogens with one attached hydrogen (secondary N) is 1. The van der Waals surface area contributed by atoms with Gasteiger partial charge in [0.1, 0.15) is 5.75 Å². The lowest BCUT2D eigenvalue weighted by Crippen LogP contribution is -2.07. The van der Waals surface area contributed by atoms with Crippen LogP contribution in [0.1, 0.15) is 11.4 Å². The van der Waals surface area contributed by atoms with E-state index in [-0.39, 0.29) is 5.19 Å². The van der Waals surface area contributed by atoms with E-state index in [1.807, 2.05) is 12.1 Å². The molecule has 0 bridgehead atoms. The molecule has 2 rings (SSSR count). The Hall–Kier alpha value is -1.67. The van der Waals surface area contributed by atoms with Crippen LogP contribution in [0, 0.1) is 0 Å². The van der Waals surface area contributed by atoms with Crippen molar-refractivity contribution in [1.82, 2.24) is 14.7 Å². The van der Waals surface area contributed by atoms with Crippen molar-refractivity contribution < 1.29 is 17.9 Å². The van der Waals surface area contributed by atoms with Gasteiger partial charge in [-0.2, -0.15) is 22.5 Å². The molecule has 0 spiro atoms. The highest BCUT2D eigenvalue weighted by Gasteiger charge is 2.36. The highest BCUT2D eigenvalue weighted by molar-refractivity contribution is 7.07. The molecule has 0 fully saturated rings. The molecule has 0 saturated heterocycles. The molecule has 0 atom stereocenters. The molecule has 4 nitrogen and oxygen atoms in total. The summed E-state index contributed by atoms with van der Waals surface area (Å²) >= 11 is 0.574. The van der Waals surface area contributed by atoms with Crippen molar-refractivity contribution in [2.24, 2.45) is 0 Å². The van der Waals surface area contributed by atoms with E-state index in [9.17, 15) is 13.2 Å². The van der Waals surface area contributed by atoms with Crippen LogP contribution in [0.3, 0.4) is 0 Å². The van der Waals surface area contributed by atoms with Gasteiger partial charge in [-0.15, -0.1) is 0 Å². The van der Waals surface area contributed by atoms with Gasteiger partial charge in [-0.3, -0.25) is 0 Å². The number of halogens is 3. The molecule has 8 heteroatoms. The third kappa shape index (κ3) is 3.42. The molecule has 0 aliphatic carbocycles. The predicted octanol–water partition coefficient (Wildman–Crippen LogP) is 3.07. The maximum Gasteiger partial charge on any atom is 0.452 e. The number of rotatable bonds is 4. The topological polar surface area (TPSA) is 47.0 Å². The largest absolute Gasteiger partial charge is 0.452 e. The van der Waals surface area contributed by atoms with Gasteiger partial charge >= 0.3 is 6.18 Å². The first kappa shape index (κ1) is 13.8. The lowest BCUT2D eigenvalue weighted by Gasteiger charge is -2.07. The Morgan fingerprint density at radius 2 is 2.05 bits per heavy atom. The lowest BCUT2D eigenvalue weighted by atomic mass is 10.2. The van der Waals surface area contributed by atoms with Crippen LogP contribution in [0.2, 0.25) is 0 Å². The fourth-order valence-electron chi connectivity index (χ4n) is 1.40. The summed E-state index contributed by atoms with van der Waals surface area (Å²) in [4.78, 5) is 3.32. The second kappa shape index (κ2) is 5.54. The van der Waals surface area contributed by atoms with Gasteiger partial charge in [0.05, 0.1) is 0 Å². The number of alkyl halides is 3. The minimum Gasteiger partial charge on any atom is -0.430 e. The molecule has 1 heterocycles. The van der Waals surface area contributed by atoms with Crippen molar-refractivity contribution in [2.45, 2.75) is 12.7 Å². The molecule has 0 saturated carbocycles. The lowest BCUT2D eigenvalue weighted by molar-refractivity contribution is -0.144. The molecule has 2 aromatic rings. The molecule has 0 amide bonds. The summed E-state index contributed by atoms with van der Waals surface area (Å²) in [5, 5.41) is 2.82. The zero-order valence-electron chi connectivity index (χ0n) is 9.86. The molecule has 0 aliphatic heterocycles. The Labute approximate surface area is 111 Å². The van der Waals surface area contributed by atoms with Crippen molar-refractivity contribution >= 4 is 11.5 Å². The molecule has 0 unspecified atom stereocenters. The maximum absolute atomic E-state index is 12.4. The number of benzene rings is 1. The van der Waals surface area contributed by atoms with Crippen molar-refractivity contribution in [2.75, 3.05) is 7.05 Å². The number of hydrogen-bond donors (Lipinski definition) is 1. The summed E-state index contributed by atoms with van der Waals surface area (Å²) in [5.74, 6) is -0.722. The molecular weight excluding hydrogens is 279 g/mol. The van der Waals surface area contributed by atoms with E-state index in [2.05, 4.69) is 14.7 Å². The van der Waals surface area contributed by atoms with E-state index in [1.54, 1.807) is 19.2 Å². The molecule has 1 N–H and O–H groups in total. The number of para-hydroxylation sites is 1. The summed E-state index contributed by atoms with van der Waals surface area (Å²) in [6.07, 6.45) is -4.55. The normalized spacial score (nSPS) is 11.6. The highest BCUT2D eigenvalue weighted by atomic mass is 32.1. The van der Waals surface area contributed by atoms with Gasteiger partial charge < -0.3 is 10.1 Å². The molecule has 1 aromatic heterocycles. The van der Waals surface area contributed by atoms with Gasteiger partial charge in [0.25, 0.3) is 11.0 Å². The third-order valence-electron chi connectivity index (χ3n) is 2.20. The van der Waals surface area contributed by atoms with E-state index >= 15 is 0 Å². The number of ether oxygens (including phenoxy) is 1. The van der Waals surface area contributed by atoms with E-state index in [0.29, 0.717) is 23.8 Å². The van der Waals surface area contributed by atoms with Gasteiger partial charge in [-0.1, -0.05) is 18.2 Å². The monoisotopic (exact) mass is 289 g/mol. The zero-order valence-corrected chi connectivity index (χ0v) is 10.7. The number of aromatic nitrogens is 2. The van der Waals surface area contributed by atoms with Crippen LogP contribution in [0.25, 0.3) is 0 Å². The molecule has 0 radical (unpaired) electrons. The molecular formula is C11H10F3N3OS. The smallest absolute Gasteiger partial charge is 0.430 e. The van der Waals surface area contributed by atoms with Crippen LogP contribution in [0.15, 0.2) is 24.3 Å². The van der Waals surface area contributed by atoms with E-state index in [0.717, 1.165) is 5.56 Å². The quantitative estimate of drug-likeness (QED) is 0.939. The summed E-state index contributed by atoms with van der Waals surface area (Å²) in [7, 11) is 1.77. The van der Waals surface area contributed by atoms with Crippen molar-refractivity contribution in [3.8, 4) is 10.9 Å². The second-order valence-electron chi connectivity index (χ2n) is 3.62. The molecule has 102 valence electrons. The van der Waals surface area contributed by atoms with Gasteiger partial charge in [-0.05, 0) is 13.1 Å². The van der Waals surface area contributed by atoms with Gasteiger partial charge in [0, 0.05) is 23.6 Å². The summed E-state index contributed by atoms with van der Waals surface area (Å²) in [6, 6.07) is 7.04.